The largest absolute Gasteiger partial charge is 0.383 e. The first-order chi connectivity index (χ1) is 14.9. The van der Waals surface area contributed by atoms with E-state index in [9.17, 15) is 9.59 Å². The number of hydrogen-bond donors (Lipinski definition) is 1. The number of benzene rings is 1. The van der Waals surface area contributed by atoms with Crippen molar-refractivity contribution < 1.29 is 4.74 Å². The van der Waals surface area contributed by atoms with Crippen LogP contribution in [0.15, 0.2) is 27.8 Å². The number of piperazine rings is 1. The van der Waals surface area contributed by atoms with E-state index in [1.165, 1.54) is 4.57 Å². The summed E-state index contributed by atoms with van der Waals surface area (Å²) in [7, 11) is 3.21. The monoisotopic (exact) mass is 466 g/mol. The molecule has 0 atom stereocenters. The van der Waals surface area contributed by atoms with Crippen molar-refractivity contribution in [1.82, 2.24) is 24.0 Å². The van der Waals surface area contributed by atoms with Crippen LogP contribution in [0.1, 0.15) is 5.56 Å². The number of hydrogen-bond acceptors (Lipinski definition) is 6. The molecule has 3 heterocycles. The summed E-state index contributed by atoms with van der Waals surface area (Å²) < 4.78 is 8.42. The van der Waals surface area contributed by atoms with Crippen molar-refractivity contribution in [3.8, 4) is 0 Å². The van der Waals surface area contributed by atoms with Crippen LogP contribution in [0.4, 0.5) is 5.95 Å². The van der Waals surface area contributed by atoms with Gasteiger partial charge in [0.2, 0.25) is 5.95 Å². The Hall–Kier alpha value is -2.33. The van der Waals surface area contributed by atoms with E-state index in [4.69, 9.17) is 27.9 Å². The molecule has 0 bridgehead atoms. The maximum absolute atomic E-state index is 12.5. The third-order valence-corrected chi connectivity index (χ3v) is 6.16. The SMILES string of the molecule is COCCn1c(N2CCN(Cc3ccc(Cl)cc3Cl)CC2)nc2c1c(=O)[nH]c(=O)n2C. The van der Waals surface area contributed by atoms with Crippen molar-refractivity contribution in [1.29, 1.82) is 0 Å². The molecule has 1 saturated heterocycles. The van der Waals surface area contributed by atoms with Gasteiger partial charge in [0.15, 0.2) is 11.2 Å². The predicted octanol–water partition coefficient (Wildman–Crippen LogP) is 1.70. The zero-order valence-corrected chi connectivity index (χ0v) is 18.9. The van der Waals surface area contributed by atoms with Gasteiger partial charge in [0.05, 0.1) is 6.61 Å². The Balaban J connectivity index is 1.58. The highest BCUT2D eigenvalue weighted by molar-refractivity contribution is 6.35. The molecule has 9 nitrogen and oxygen atoms in total. The van der Waals surface area contributed by atoms with Crippen LogP contribution >= 0.6 is 23.2 Å². The molecule has 0 radical (unpaired) electrons. The Bertz CT molecular complexity index is 1210. The van der Waals surface area contributed by atoms with Crippen LogP contribution < -0.4 is 16.1 Å². The van der Waals surface area contributed by atoms with Gasteiger partial charge in [0.25, 0.3) is 5.56 Å². The summed E-state index contributed by atoms with van der Waals surface area (Å²) >= 11 is 12.3. The number of aryl methyl sites for hydroxylation is 1. The van der Waals surface area contributed by atoms with Gasteiger partial charge in [0.1, 0.15) is 0 Å². The Morgan fingerprint density at radius 1 is 1.16 bits per heavy atom. The van der Waals surface area contributed by atoms with Gasteiger partial charge in [-0.1, -0.05) is 29.3 Å². The lowest BCUT2D eigenvalue weighted by Gasteiger charge is -2.35. The molecule has 1 N–H and O–H groups in total. The lowest BCUT2D eigenvalue weighted by atomic mass is 10.2. The van der Waals surface area contributed by atoms with E-state index < -0.39 is 11.2 Å². The summed E-state index contributed by atoms with van der Waals surface area (Å²) in [6.45, 7) is 4.70. The normalized spacial score (nSPS) is 15.2. The maximum Gasteiger partial charge on any atom is 0.329 e. The molecule has 0 unspecified atom stereocenters. The minimum absolute atomic E-state index is 0.371. The fourth-order valence-corrected chi connectivity index (χ4v) is 4.32. The molecule has 2 aromatic heterocycles. The standard InChI is InChI=1S/C20H24Cl2N6O3/c1-25-17-16(18(29)24-20(25)30)28(9-10-31-2)19(23-17)27-7-5-26(6-8-27)12-13-3-4-14(21)11-15(13)22/h3-4,11H,5-10,12H2,1-2H3,(H,24,29,30). The molecule has 0 spiro atoms. The number of nitrogens with zero attached hydrogens (tertiary/aromatic N) is 5. The van der Waals surface area contributed by atoms with Crippen molar-refractivity contribution >= 4 is 40.3 Å². The first-order valence-corrected chi connectivity index (χ1v) is 10.7. The quantitative estimate of drug-likeness (QED) is 0.594. The summed E-state index contributed by atoms with van der Waals surface area (Å²) in [4.78, 5) is 36.0. The predicted molar refractivity (Wildman–Crippen MR) is 121 cm³/mol. The van der Waals surface area contributed by atoms with E-state index in [2.05, 4.69) is 19.8 Å². The molecule has 4 rings (SSSR count). The number of H-pyrrole nitrogens is 1. The van der Waals surface area contributed by atoms with Gasteiger partial charge >= 0.3 is 5.69 Å². The van der Waals surface area contributed by atoms with E-state index in [-0.39, 0.29) is 0 Å². The van der Waals surface area contributed by atoms with E-state index >= 15 is 0 Å². The molecule has 166 valence electrons. The summed E-state index contributed by atoms with van der Waals surface area (Å²) in [5.74, 6) is 0.669. The molecule has 1 fully saturated rings. The van der Waals surface area contributed by atoms with Gasteiger partial charge in [-0.25, -0.2) is 4.79 Å². The lowest BCUT2D eigenvalue weighted by Crippen LogP contribution is -2.47. The third kappa shape index (κ3) is 4.36. The van der Waals surface area contributed by atoms with Crippen LogP contribution in [0.5, 0.6) is 0 Å². The van der Waals surface area contributed by atoms with Crippen LogP contribution in [0.2, 0.25) is 10.0 Å². The minimum atomic E-state index is -0.481. The van der Waals surface area contributed by atoms with E-state index in [1.54, 1.807) is 20.2 Å². The average molecular weight is 467 g/mol. The van der Waals surface area contributed by atoms with E-state index in [1.807, 2.05) is 16.7 Å². The molecular formula is C20H24Cl2N6O3. The Labute approximate surface area is 188 Å². The lowest BCUT2D eigenvalue weighted by molar-refractivity contribution is 0.188. The smallest absolute Gasteiger partial charge is 0.329 e. The zero-order valence-electron chi connectivity index (χ0n) is 17.4. The number of aromatic amines is 1. The highest BCUT2D eigenvalue weighted by atomic mass is 35.5. The molecule has 0 saturated carbocycles. The molecule has 1 aliphatic heterocycles. The first-order valence-electron chi connectivity index (χ1n) is 9.98. The van der Waals surface area contributed by atoms with Crippen LogP contribution in [0.25, 0.3) is 11.2 Å². The summed E-state index contributed by atoms with van der Waals surface area (Å²) in [5, 5.41) is 1.29. The van der Waals surface area contributed by atoms with E-state index in [0.717, 1.165) is 38.3 Å². The number of imidazole rings is 1. The number of halogens is 2. The molecule has 0 aliphatic carbocycles. The number of ether oxygens (including phenoxy) is 1. The molecule has 1 aromatic carbocycles. The van der Waals surface area contributed by atoms with Crippen molar-refractivity contribution in [3.05, 3.63) is 54.6 Å². The molecule has 1 aliphatic rings. The molecule has 11 heteroatoms. The Morgan fingerprint density at radius 3 is 2.58 bits per heavy atom. The highest BCUT2D eigenvalue weighted by Crippen LogP contribution is 2.24. The number of rotatable bonds is 6. The molecule has 3 aromatic rings. The number of anilines is 1. The highest BCUT2D eigenvalue weighted by Gasteiger charge is 2.25. The topological polar surface area (TPSA) is 88.4 Å². The number of methoxy groups -OCH3 is 1. The van der Waals surface area contributed by atoms with Crippen LogP contribution in [-0.2, 0) is 24.9 Å². The van der Waals surface area contributed by atoms with Crippen molar-refractivity contribution in [2.75, 3.05) is 44.8 Å². The fourth-order valence-electron chi connectivity index (χ4n) is 3.86. The van der Waals surface area contributed by atoms with Crippen LogP contribution in [0.3, 0.4) is 0 Å². The van der Waals surface area contributed by atoms with Gasteiger partial charge in [-0.05, 0) is 17.7 Å². The summed E-state index contributed by atoms with van der Waals surface area (Å²) in [6, 6.07) is 5.56. The van der Waals surface area contributed by atoms with Gasteiger partial charge < -0.3 is 14.2 Å². The Morgan fingerprint density at radius 2 is 1.90 bits per heavy atom. The fraction of sp³-hybridized carbons (Fsp3) is 0.450. The number of fused-ring (bicyclic) bond motifs is 1. The second kappa shape index (κ2) is 9.04. The second-order valence-electron chi connectivity index (χ2n) is 7.55. The third-order valence-electron chi connectivity index (χ3n) is 5.57. The van der Waals surface area contributed by atoms with Gasteiger partial charge in [-0.2, -0.15) is 4.98 Å². The molecular weight excluding hydrogens is 443 g/mol. The first kappa shape index (κ1) is 21.9. The van der Waals surface area contributed by atoms with E-state index in [0.29, 0.717) is 40.3 Å². The van der Waals surface area contributed by atoms with Crippen LogP contribution in [0, 0.1) is 0 Å². The van der Waals surface area contributed by atoms with Gasteiger partial charge in [-0.3, -0.25) is 19.2 Å². The molecule has 0 amide bonds. The van der Waals surface area contributed by atoms with Gasteiger partial charge in [-0.15, -0.1) is 0 Å². The van der Waals surface area contributed by atoms with Gasteiger partial charge in [0, 0.05) is 63.5 Å². The summed E-state index contributed by atoms with van der Waals surface area (Å²) in [5.41, 5.74) is 0.863. The second-order valence-corrected chi connectivity index (χ2v) is 8.39. The van der Waals surface area contributed by atoms with Crippen molar-refractivity contribution in [2.45, 2.75) is 13.1 Å². The number of aromatic nitrogens is 4. The zero-order chi connectivity index (χ0) is 22.1. The van der Waals surface area contributed by atoms with Crippen molar-refractivity contribution in [2.24, 2.45) is 7.05 Å². The average Bonchev–Trinajstić information content (AvgIpc) is 3.13. The van der Waals surface area contributed by atoms with Crippen LogP contribution in [-0.4, -0.2) is 63.9 Å². The minimum Gasteiger partial charge on any atom is -0.383 e. The Kier molecular flexibility index (Phi) is 6.38. The number of nitrogens with one attached hydrogen (secondary N) is 1. The van der Waals surface area contributed by atoms with Crippen molar-refractivity contribution in [3.63, 3.8) is 0 Å². The maximum atomic E-state index is 12.5. The summed E-state index contributed by atoms with van der Waals surface area (Å²) in [6.07, 6.45) is 0. The molecule has 31 heavy (non-hydrogen) atoms.